The molecule has 0 aromatic carbocycles. The predicted molar refractivity (Wildman–Crippen MR) is 84.7 cm³/mol. The quantitative estimate of drug-likeness (QED) is 0.785. The van der Waals surface area contributed by atoms with Crippen LogP contribution in [-0.2, 0) is 21.2 Å². The second-order valence-electron chi connectivity index (χ2n) is 5.65. The number of carbonyl (C=O) groups is 1. The maximum Gasteiger partial charge on any atom is 0.223 e. The number of hydrogen-bond acceptors (Lipinski definition) is 4. The minimum atomic E-state index is -3.13. The lowest BCUT2D eigenvalue weighted by atomic mass is 9.97. The summed E-state index contributed by atoms with van der Waals surface area (Å²) in [5.41, 5.74) is 1.03. The Morgan fingerprint density at radius 1 is 1.36 bits per heavy atom. The van der Waals surface area contributed by atoms with Crippen molar-refractivity contribution in [2.75, 3.05) is 25.9 Å². The molecule has 0 atom stereocenters. The van der Waals surface area contributed by atoms with E-state index in [-0.39, 0.29) is 11.8 Å². The molecule has 7 heteroatoms. The zero-order valence-electron chi connectivity index (χ0n) is 12.9. The predicted octanol–water partition coefficient (Wildman–Crippen LogP) is 0.802. The van der Waals surface area contributed by atoms with E-state index >= 15 is 0 Å². The molecule has 1 aliphatic rings. The molecule has 2 rings (SSSR count). The van der Waals surface area contributed by atoms with E-state index in [4.69, 9.17) is 0 Å². The smallest absolute Gasteiger partial charge is 0.223 e. The lowest BCUT2D eigenvalue weighted by Gasteiger charge is -2.29. The highest BCUT2D eigenvalue weighted by atomic mass is 32.2. The Balaban J connectivity index is 1.66. The Hall–Kier alpha value is -1.47. The van der Waals surface area contributed by atoms with Gasteiger partial charge in [0.1, 0.15) is 0 Å². The summed E-state index contributed by atoms with van der Waals surface area (Å²) in [4.78, 5) is 16.3. The van der Waals surface area contributed by atoms with Crippen molar-refractivity contribution in [3.05, 3.63) is 30.1 Å². The standard InChI is InChI=1S/C15H23N3O3S/c1-22(20,21)18-11-7-13(8-12-18)15(19)17-10-4-6-14-5-2-3-9-16-14/h2-3,5,9,13H,4,6-8,10-12H2,1H3,(H,17,19). The van der Waals surface area contributed by atoms with Crippen molar-refractivity contribution in [2.24, 2.45) is 5.92 Å². The van der Waals surface area contributed by atoms with Crippen molar-refractivity contribution in [3.63, 3.8) is 0 Å². The van der Waals surface area contributed by atoms with Crippen molar-refractivity contribution in [3.8, 4) is 0 Å². The number of carbonyl (C=O) groups excluding carboxylic acids is 1. The molecule has 0 unspecified atom stereocenters. The van der Waals surface area contributed by atoms with Gasteiger partial charge in [-0.2, -0.15) is 0 Å². The molecule has 1 fully saturated rings. The maximum atomic E-state index is 12.1. The first kappa shape index (κ1) is 16.9. The van der Waals surface area contributed by atoms with Crippen LogP contribution in [0, 0.1) is 5.92 Å². The first-order valence-corrected chi connectivity index (χ1v) is 9.44. The van der Waals surface area contributed by atoms with Crippen molar-refractivity contribution in [1.29, 1.82) is 0 Å². The van der Waals surface area contributed by atoms with Crippen LogP contribution in [0.1, 0.15) is 25.0 Å². The van der Waals surface area contributed by atoms with Crippen LogP contribution in [0.3, 0.4) is 0 Å². The summed E-state index contributed by atoms with van der Waals surface area (Å²) in [5.74, 6) is -0.0398. The third-order valence-corrected chi connectivity index (χ3v) is 5.23. The number of nitrogens with zero attached hydrogens (tertiary/aromatic N) is 2. The molecule has 1 aromatic rings. The third kappa shape index (κ3) is 5.06. The SMILES string of the molecule is CS(=O)(=O)N1CCC(C(=O)NCCCc2ccccn2)CC1. The van der Waals surface area contributed by atoms with Crippen LogP contribution in [0.4, 0.5) is 0 Å². The highest BCUT2D eigenvalue weighted by Gasteiger charge is 2.28. The van der Waals surface area contributed by atoms with E-state index in [2.05, 4.69) is 10.3 Å². The van der Waals surface area contributed by atoms with Crippen molar-refractivity contribution < 1.29 is 13.2 Å². The minimum absolute atomic E-state index is 0.0363. The molecule has 1 saturated heterocycles. The molecule has 22 heavy (non-hydrogen) atoms. The molecular formula is C15H23N3O3S. The summed E-state index contributed by atoms with van der Waals surface area (Å²) in [6.45, 7) is 1.50. The zero-order valence-corrected chi connectivity index (χ0v) is 13.7. The number of amides is 1. The van der Waals surface area contributed by atoms with Gasteiger partial charge in [-0.15, -0.1) is 0 Å². The van der Waals surface area contributed by atoms with Crippen LogP contribution in [-0.4, -0.2) is 49.5 Å². The van der Waals surface area contributed by atoms with Gasteiger partial charge in [0, 0.05) is 37.4 Å². The topological polar surface area (TPSA) is 79.4 Å². The van der Waals surface area contributed by atoms with Crippen LogP contribution >= 0.6 is 0 Å². The fourth-order valence-corrected chi connectivity index (χ4v) is 3.50. The summed E-state index contributed by atoms with van der Waals surface area (Å²) < 4.78 is 24.3. The van der Waals surface area contributed by atoms with Crippen molar-refractivity contribution in [2.45, 2.75) is 25.7 Å². The second kappa shape index (κ2) is 7.69. The molecule has 1 N–H and O–H groups in total. The van der Waals surface area contributed by atoms with Gasteiger partial charge in [0.15, 0.2) is 0 Å². The first-order chi connectivity index (χ1) is 10.5. The summed E-state index contributed by atoms with van der Waals surface area (Å²) in [7, 11) is -3.13. The van der Waals surface area contributed by atoms with Crippen LogP contribution in [0.25, 0.3) is 0 Å². The summed E-state index contributed by atoms with van der Waals surface area (Å²) >= 11 is 0. The van der Waals surface area contributed by atoms with E-state index < -0.39 is 10.0 Å². The zero-order chi connectivity index (χ0) is 16.0. The molecule has 0 spiro atoms. The maximum absolute atomic E-state index is 12.1. The number of pyridine rings is 1. The molecule has 6 nitrogen and oxygen atoms in total. The molecule has 2 heterocycles. The van der Waals surface area contributed by atoms with Gasteiger partial charge in [-0.25, -0.2) is 12.7 Å². The number of sulfonamides is 1. The Kier molecular flexibility index (Phi) is 5.90. The molecule has 122 valence electrons. The molecule has 0 bridgehead atoms. The molecule has 0 radical (unpaired) electrons. The molecule has 0 saturated carbocycles. The summed E-state index contributed by atoms with van der Waals surface area (Å²) in [6.07, 6.45) is 5.87. The fraction of sp³-hybridized carbons (Fsp3) is 0.600. The van der Waals surface area contributed by atoms with Crippen molar-refractivity contribution >= 4 is 15.9 Å². The van der Waals surface area contributed by atoms with E-state index in [0.29, 0.717) is 32.5 Å². The van der Waals surface area contributed by atoms with Gasteiger partial charge in [-0.3, -0.25) is 9.78 Å². The lowest BCUT2D eigenvalue weighted by Crippen LogP contribution is -2.42. The van der Waals surface area contributed by atoms with Gasteiger partial charge in [0.25, 0.3) is 0 Å². The van der Waals surface area contributed by atoms with Gasteiger partial charge in [-0.05, 0) is 37.8 Å². The van der Waals surface area contributed by atoms with Gasteiger partial charge in [0.2, 0.25) is 15.9 Å². The first-order valence-electron chi connectivity index (χ1n) is 7.59. The van der Waals surface area contributed by atoms with E-state index in [1.54, 1.807) is 6.20 Å². The average molecular weight is 325 g/mol. The van der Waals surface area contributed by atoms with E-state index in [1.165, 1.54) is 10.6 Å². The number of nitrogens with one attached hydrogen (secondary N) is 1. The number of hydrogen-bond donors (Lipinski definition) is 1. The van der Waals surface area contributed by atoms with Crippen LogP contribution < -0.4 is 5.32 Å². The van der Waals surface area contributed by atoms with Gasteiger partial charge in [-0.1, -0.05) is 6.07 Å². The van der Waals surface area contributed by atoms with Crippen LogP contribution in [0.2, 0.25) is 0 Å². The fourth-order valence-electron chi connectivity index (χ4n) is 2.62. The monoisotopic (exact) mass is 325 g/mol. The summed E-state index contributed by atoms with van der Waals surface area (Å²) in [5, 5.41) is 2.94. The van der Waals surface area contributed by atoms with Gasteiger partial charge in [0.05, 0.1) is 6.26 Å². The largest absolute Gasteiger partial charge is 0.356 e. The number of aromatic nitrogens is 1. The van der Waals surface area contributed by atoms with Crippen LogP contribution in [0.15, 0.2) is 24.4 Å². The van der Waals surface area contributed by atoms with Crippen LogP contribution in [0.5, 0.6) is 0 Å². The normalized spacial score (nSPS) is 17.3. The third-order valence-electron chi connectivity index (χ3n) is 3.93. The molecule has 1 aliphatic heterocycles. The Morgan fingerprint density at radius 2 is 2.09 bits per heavy atom. The highest BCUT2D eigenvalue weighted by Crippen LogP contribution is 2.19. The second-order valence-corrected chi connectivity index (χ2v) is 7.63. The Morgan fingerprint density at radius 3 is 2.68 bits per heavy atom. The van der Waals surface area contributed by atoms with Gasteiger partial charge < -0.3 is 5.32 Å². The van der Waals surface area contributed by atoms with E-state index in [0.717, 1.165) is 18.5 Å². The van der Waals surface area contributed by atoms with Gasteiger partial charge >= 0.3 is 0 Å². The molecular weight excluding hydrogens is 302 g/mol. The van der Waals surface area contributed by atoms with Crippen molar-refractivity contribution in [1.82, 2.24) is 14.6 Å². The van der Waals surface area contributed by atoms with E-state index in [1.807, 2.05) is 18.2 Å². The molecule has 1 aromatic heterocycles. The summed E-state index contributed by atoms with van der Waals surface area (Å²) in [6, 6.07) is 5.81. The van der Waals surface area contributed by atoms with E-state index in [9.17, 15) is 13.2 Å². The Bertz CT molecular complexity index is 581. The average Bonchev–Trinajstić information content (AvgIpc) is 2.52. The number of piperidine rings is 1. The highest BCUT2D eigenvalue weighted by molar-refractivity contribution is 7.88. The molecule has 1 amide bonds. The minimum Gasteiger partial charge on any atom is -0.356 e. The number of aryl methyl sites for hydroxylation is 1. The number of rotatable bonds is 6. The lowest BCUT2D eigenvalue weighted by molar-refractivity contribution is -0.126. The Labute approximate surface area is 132 Å². The molecule has 0 aliphatic carbocycles.